The van der Waals surface area contributed by atoms with E-state index in [4.69, 9.17) is 32.2 Å². The number of pyridine rings is 1. The molecule has 7 nitrogen and oxygen atoms in total. The van der Waals surface area contributed by atoms with E-state index in [2.05, 4.69) is 18.2 Å². The molecule has 1 aliphatic heterocycles. The Morgan fingerprint density at radius 1 is 1.14 bits per heavy atom. The summed E-state index contributed by atoms with van der Waals surface area (Å²) in [5.74, 6) is -0.910. The Hall–Kier alpha value is -2.90. The van der Waals surface area contributed by atoms with Gasteiger partial charge in [0, 0.05) is 29.9 Å². The van der Waals surface area contributed by atoms with Crippen molar-refractivity contribution < 1.29 is 19.4 Å². The molecule has 1 aromatic carbocycles. The molecule has 8 heteroatoms. The van der Waals surface area contributed by atoms with Gasteiger partial charge < -0.3 is 20.5 Å². The molecule has 188 valence electrons. The van der Waals surface area contributed by atoms with E-state index in [9.17, 15) is 9.59 Å². The van der Waals surface area contributed by atoms with Crippen LogP contribution in [0.4, 0.5) is 4.79 Å². The fraction of sp³-hybridized carbons (Fsp3) is 0.444. The van der Waals surface area contributed by atoms with Gasteiger partial charge in [-0.1, -0.05) is 43.2 Å². The number of benzene rings is 1. The summed E-state index contributed by atoms with van der Waals surface area (Å²) >= 11 is 6.27. The molecule has 35 heavy (non-hydrogen) atoms. The topological polar surface area (TPSA) is 106 Å². The minimum atomic E-state index is -0.931. The number of carboxylic acid groups (broad SMARTS) is 1. The Morgan fingerprint density at radius 3 is 2.43 bits per heavy atom. The zero-order valence-corrected chi connectivity index (χ0v) is 21.3. The van der Waals surface area contributed by atoms with Gasteiger partial charge in [0.15, 0.2) is 0 Å². The van der Waals surface area contributed by atoms with Gasteiger partial charge in [0.2, 0.25) is 0 Å². The molecule has 1 fully saturated rings. The third-order valence-corrected chi connectivity index (χ3v) is 6.61. The maximum Gasteiger partial charge on any atom is 0.409 e. The Balaban J connectivity index is 0.000000371. The zero-order valence-electron chi connectivity index (χ0n) is 20.6. The third kappa shape index (κ3) is 6.61. The average Bonchev–Trinajstić information content (AvgIpc) is 3.00. The van der Waals surface area contributed by atoms with Crippen molar-refractivity contribution in [2.24, 2.45) is 11.7 Å². The summed E-state index contributed by atoms with van der Waals surface area (Å²) in [4.78, 5) is 28.6. The SMILES string of the molecule is CC(C)[C@H](N)C(=O)O.CCOC(=O)N1CCC(=C2c3ccc(Cl)cc3CCc3cccnc32)CC1. The number of nitrogens with two attached hydrogens (primary N) is 1. The monoisotopic (exact) mass is 499 g/mol. The fourth-order valence-corrected chi connectivity index (χ4v) is 4.54. The lowest BCUT2D eigenvalue weighted by Gasteiger charge is -2.29. The van der Waals surface area contributed by atoms with Crippen LogP contribution >= 0.6 is 11.6 Å². The number of piperidine rings is 1. The van der Waals surface area contributed by atoms with Crippen LogP contribution in [-0.2, 0) is 22.4 Å². The normalized spacial score (nSPS) is 15.9. The van der Waals surface area contributed by atoms with Crippen molar-refractivity contribution in [1.29, 1.82) is 0 Å². The quantitative estimate of drug-likeness (QED) is 0.619. The first-order chi connectivity index (χ1) is 16.7. The van der Waals surface area contributed by atoms with Gasteiger partial charge in [0.05, 0.1) is 12.3 Å². The number of fused-ring (bicyclic) bond motifs is 2. The minimum Gasteiger partial charge on any atom is -0.480 e. The highest BCUT2D eigenvalue weighted by atomic mass is 35.5. The first-order valence-corrected chi connectivity index (χ1v) is 12.5. The van der Waals surface area contributed by atoms with Gasteiger partial charge in [-0.15, -0.1) is 0 Å². The van der Waals surface area contributed by atoms with Crippen LogP contribution in [0.1, 0.15) is 56.0 Å². The molecule has 2 heterocycles. The molecule has 0 saturated carbocycles. The molecule has 1 amide bonds. The smallest absolute Gasteiger partial charge is 0.409 e. The molecule has 3 N–H and O–H groups in total. The molecule has 1 aromatic heterocycles. The summed E-state index contributed by atoms with van der Waals surface area (Å²) in [6.45, 7) is 7.17. The number of aliphatic carboxylic acids is 1. The van der Waals surface area contributed by atoms with Crippen LogP contribution in [0.3, 0.4) is 0 Å². The first-order valence-electron chi connectivity index (χ1n) is 12.1. The molecule has 2 aliphatic rings. The van der Waals surface area contributed by atoms with E-state index < -0.39 is 12.0 Å². The zero-order chi connectivity index (χ0) is 25.5. The number of rotatable bonds is 3. The Labute approximate surface area is 211 Å². The van der Waals surface area contributed by atoms with E-state index in [1.54, 1.807) is 18.7 Å². The lowest BCUT2D eigenvalue weighted by atomic mass is 9.88. The Kier molecular flexibility index (Phi) is 9.29. The number of likely N-dealkylation sites (tertiary alicyclic amines) is 1. The van der Waals surface area contributed by atoms with Gasteiger partial charge in [0.1, 0.15) is 6.04 Å². The van der Waals surface area contributed by atoms with E-state index in [0.29, 0.717) is 19.7 Å². The van der Waals surface area contributed by atoms with Gasteiger partial charge >= 0.3 is 12.1 Å². The number of ether oxygens (including phenoxy) is 1. The second kappa shape index (κ2) is 12.2. The summed E-state index contributed by atoms with van der Waals surface area (Å²) in [7, 11) is 0. The summed E-state index contributed by atoms with van der Waals surface area (Å²) in [6, 6.07) is 9.63. The summed E-state index contributed by atoms with van der Waals surface area (Å²) in [5, 5.41) is 9.00. The number of halogens is 1. The molecule has 1 saturated heterocycles. The number of aromatic nitrogens is 1. The van der Waals surface area contributed by atoms with Crippen molar-refractivity contribution in [2.75, 3.05) is 19.7 Å². The van der Waals surface area contributed by atoms with Gasteiger partial charge in [-0.25, -0.2) is 4.79 Å². The van der Waals surface area contributed by atoms with Gasteiger partial charge in [-0.2, -0.15) is 0 Å². The second-order valence-electron chi connectivity index (χ2n) is 9.09. The van der Waals surface area contributed by atoms with E-state index in [1.165, 1.54) is 27.8 Å². The first kappa shape index (κ1) is 26.7. The van der Waals surface area contributed by atoms with Crippen LogP contribution < -0.4 is 5.73 Å². The average molecular weight is 500 g/mol. The molecule has 1 atom stereocenters. The standard InChI is InChI=1S/C22H23ClN2O2.C5H11NO2/c1-2-27-22(26)25-12-9-15(10-13-25)20-19-8-7-18(23)14-17(19)6-5-16-4-3-11-24-21(16)20;1-3(2)4(6)5(7)8/h3-4,7-8,11,14H,2,5-6,9-10,12-13H2,1H3;3-4H,6H2,1-2H3,(H,7,8)/t;4-/m.0/s1. The minimum absolute atomic E-state index is 0.0208. The van der Waals surface area contributed by atoms with E-state index in [0.717, 1.165) is 36.4 Å². The number of aryl methyl sites for hydroxylation is 2. The fourth-order valence-electron chi connectivity index (χ4n) is 4.34. The maximum absolute atomic E-state index is 12.0. The van der Waals surface area contributed by atoms with Crippen molar-refractivity contribution >= 4 is 29.2 Å². The number of amides is 1. The molecule has 0 radical (unpaired) electrons. The lowest BCUT2D eigenvalue weighted by molar-refractivity contribution is -0.139. The maximum atomic E-state index is 12.0. The van der Waals surface area contributed by atoms with Crippen molar-refractivity contribution in [3.63, 3.8) is 0 Å². The highest BCUT2D eigenvalue weighted by Gasteiger charge is 2.26. The lowest BCUT2D eigenvalue weighted by Crippen LogP contribution is -2.37. The number of carboxylic acids is 1. The molecule has 0 bridgehead atoms. The Morgan fingerprint density at radius 2 is 1.83 bits per heavy atom. The number of carbonyl (C=O) groups excluding carboxylic acids is 1. The Bertz CT molecular complexity index is 1090. The largest absolute Gasteiger partial charge is 0.480 e. The number of hydrogen-bond donors (Lipinski definition) is 2. The predicted octanol–water partition coefficient (Wildman–Crippen LogP) is 4.94. The summed E-state index contributed by atoms with van der Waals surface area (Å²) in [5.41, 5.74) is 12.6. The van der Waals surface area contributed by atoms with E-state index in [1.807, 2.05) is 25.3 Å². The third-order valence-electron chi connectivity index (χ3n) is 6.38. The predicted molar refractivity (Wildman–Crippen MR) is 137 cm³/mol. The number of hydrogen-bond acceptors (Lipinski definition) is 5. The van der Waals surface area contributed by atoms with Crippen molar-refractivity contribution in [3.8, 4) is 0 Å². The summed E-state index contributed by atoms with van der Waals surface area (Å²) in [6.07, 6.45) is 5.25. The van der Waals surface area contributed by atoms with Gasteiger partial charge in [-0.05, 0) is 73.4 Å². The molecule has 2 aromatic rings. The van der Waals surface area contributed by atoms with E-state index >= 15 is 0 Å². The van der Waals surface area contributed by atoms with Crippen LogP contribution in [0.15, 0.2) is 42.1 Å². The van der Waals surface area contributed by atoms with Crippen LogP contribution in [0.25, 0.3) is 5.57 Å². The molecular weight excluding hydrogens is 466 g/mol. The number of nitrogens with zero attached hydrogens (tertiary/aromatic N) is 2. The molecule has 1 aliphatic carbocycles. The van der Waals surface area contributed by atoms with Crippen LogP contribution in [0.2, 0.25) is 5.02 Å². The van der Waals surface area contributed by atoms with Crippen molar-refractivity contribution in [3.05, 3.63) is 69.5 Å². The second-order valence-corrected chi connectivity index (χ2v) is 9.52. The highest BCUT2D eigenvalue weighted by molar-refractivity contribution is 6.30. The molecule has 4 rings (SSSR count). The highest BCUT2D eigenvalue weighted by Crippen LogP contribution is 2.38. The molecular formula is C27H34ClN3O4. The van der Waals surface area contributed by atoms with Crippen LogP contribution in [-0.4, -0.2) is 52.8 Å². The molecule has 0 spiro atoms. The van der Waals surface area contributed by atoms with Crippen LogP contribution in [0.5, 0.6) is 0 Å². The van der Waals surface area contributed by atoms with Gasteiger partial charge in [-0.3, -0.25) is 9.78 Å². The molecule has 0 unspecified atom stereocenters. The van der Waals surface area contributed by atoms with Gasteiger partial charge in [0.25, 0.3) is 0 Å². The van der Waals surface area contributed by atoms with Crippen molar-refractivity contribution in [1.82, 2.24) is 9.88 Å². The summed E-state index contributed by atoms with van der Waals surface area (Å²) < 4.78 is 5.15. The van der Waals surface area contributed by atoms with Crippen molar-refractivity contribution in [2.45, 2.75) is 52.5 Å². The number of carbonyl (C=O) groups is 2. The van der Waals surface area contributed by atoms with Crippen LogP contribution in [0, 0.1) is 5.92 Å². The van der Waals surface area contributed by atoms with E-state index in [-0.39, 0.29) is 12.0 Å².